The molecule has 17 heavy (non-hydrogen) atoms. The van der Waals surface area contributed by atoms with Crippen molar-refractivity contribution in [3.8, 4) is 6.07 Å². The van der Waals surface area contributed by atoms with Crippen LogP contribution in [0, 0.1) is 18.3 Å². The summed E-state index contributed by atoms with van der Waals surface area (Å²) in [5, 5.41) is 8.52. The first-order valence-corrected chi connectivity index (χ1v) is 5.64. The Labute approximate surface area is 104 Å². The second kappa shape index (κ2) is 4.88. The van der Waals surface area contributed by atoms with Crippen LogP contribution in [0.25, 0.3) is 0 Å². The van der Waals surface area contributed by atoms with Crippen molar-refractivity contribution in [2.45, 2.75) is 13.1 Å². The lowest BCUT2D eigenvalue weighted by Crippen LogP contribution is -2.15. The number of Topliss-reactive ketones (excluding diaryl/α,β-unsaturated/α-hetero) is 1. The largest absolute Gasteiger partial charge is 0.417 e. The maximum Gasteiger partial charge on any atom is 0.417 e. The van der Waals surface area contributed by atoms with E-state index in [2.05, 4.69) is 15.9 Å². The summed E-state index contributed by atoms with van der Waals surface area (Å²) >= 11 is 2.82. The van der Waals surface area contributed by atoms with Gasteiger partial charge in [-0.15, -0.1) is 0 Å². The summed E-state index contributed by atoms with van der Waals surface area (Å²) in [6, 6.07) is 3.57. The van der Waals surface area contributed by atoms with Gasteiger partial charge in [-0.25, -0.2) is 0 Å². The number of carbonyl (C=O) groups excluding carboxylic acids is 1. The van der Waals surface area contributed by atoms with Gasteiger partial charge in [-0.2, -0.15) is 18.4 Å². The Balaban J connectivity index is 3.54. The molecular weight excluding hydrogens is 299 g/mol. The first-order valence-electron chi connectivity index (χ1n) is 4.52. The molecule has 1 rings (SSSR count). The van der Waals surface area contributed by atoms with Crippen molar-refractivity contribution in [3.63, 3.8) is 0 Å². The number of aryl methyl sites for hydroxylation is 1. The third-order valence-electron chi connectivity index (χ3n) is 2.21. The number of ketones is 1. The Kier molecular flexibility index (Phi) is 3.94. The molecule has 0 unspecified atom stereocenters. The van der Waals surface area contributed by atoms with Crippen molar-refractivity contribution >= 4 is 21.7 Å². The van der Waals surface area contributed by atoms with Gasteiger partial charge < -0.3 is 0 Å². The predicted molar refractivity (Wildman–Crippen MR) is 59.0 cm³/mol. The average molecular weight is 306 g/mol. The van der Waals surface area contributed by atoms with Crippen LogP contribution in [0.5, 0.6) is 0 Å². The van der Waals surface area contributed by atoms with Crippen LogP contribution in [0.2, 0.25) is 0 Å². The Morgan fingerprint density at radius 3 is 2.47 bits per heavy atom. The monoisotopic (exact) mass is 305 g/mol. The van der Waals surface area contributed by atoms with Crippen molar-refractivity contribution in [2.75, 3.05) is 5.33 Å². The molecule has 0 aliphatic heterocycles. The SMILES string of the molecule is Cc1cc(C(F)(F)F)c(C(=O)CBr)cc1C#N. The van der Waals surface area contributed by atoms with Crippen molar-refractivity contribution in [1.82, 2.24) is 0 Å². The van der Waals surface area contributed by atoms with Crippen LogP contribution in [-0.2, 0) is 6.18 Å². The predicted octanol–water partition coefficient (Wildman–Crippen LogP) is 3.46. The Hall–Kier alpha value is -1.35. The van der Waals surface area contributed by atoms with Gasteiger partial charge in [0.1, 0.15) is 0 Å². The molecule has 0 fully saturated rings. The smallest absolute Gasteiger partial charge is 0.293 e. The number of rotatable bonds is 2. The molecule has 0 bridgehead atoms. The van der Waals surface area contributed by atoms with Crippen LogP contribution in [0.1, 0.15) is 27.0 Å². The van der Waals surface area contributed by atoms with Gasteiger partial charge in [0.2, 0.25) is 0 Å². The van der Waals surface area contributed by atoms with Crippen LogP contribution in [0.3, 0.4) is 0 Å². The zero-order valence-electron chi connectivity index (χ0n) is 8.73. The molecule has 0 amide bonds. The molecule has 6 heteroatoms. The minimum Gasteiger partial charge on any atom is -0.293 e. The molecular formula is C11H7BrF3NO. The first-order chi connectivity index (χ1) is 7.81. The number of nitrogens with zero attached hydrogens (tertiary/aromatic N) is 1. The van der Waals surface area contributed by atoms with Crippen LogP contribution in [0.4, 0.5) is 13.2 Å². The summed E-state index contributed by atoms with van der Waals surface area (Å²) in [4.78, 5) is 11.4. The van der Waals surface area contributed by atoms with Crippen LogP contribution >= 0.6 is 15.9 Å². The van der Waals surface area contributed by atoms with Crippen LogP contribution < -0.4 is 0 Å². The Morgan fingerprint density at radius 2 is 2.06 bits per heavy atom. The van der Waals surface area contributed by atoms with E-state index >= 15 is 0 Å². The van der Waals surface area contributed by atoms with Gasteiger partial charge in [0.05, 0.1) is 22.5 Å². The number of carbonyl (C=O) groups is 1. The van der Waals surface area contributed by atoms with Gasteiger partial charge in [-0.1, -0.05) is 15.9 Å². The summed E-state index contributed by atoms with van der Waals surface area (Å²) in [6.45, 7) is 1.40. The standard InChI is InChI=1S/C11H7BrF3NO/c1-6-2-9(11(13,14)15)8(10(17)4-12)3-7(6)5-16/h2-3H,4H2,1H3. The fraction of sp³-hybridized carbons (Fsp3) is 0.273. The molecule has 90 valence electrons. The number of benzene rings is 1. The summed E-state index contributed by atoms with van der Waals surface area (Å²) in [5.41, 5.74) is -1.21. The van der Waals surface area contributed by atoms with Crippen LogP contribution in [-0.4, -0.2) is 11.1 Å². The fourth-order valence-corrected chi connectivity index (χ4v) is 1.67. The molecule has 0 atom stereocenters. The number of alkyl halides is 4. The van der Waals surface area contributed by atoms with Crippen molar-refractivity contribution in [2.24, 2.45) is 0 Å². The van der Waals surface area contributed by atoms with Gasteiger partial charge in [0.15, 0.2) is 5.78 Å². The topological polar surface area (TPSA) is 40.9 Å². The van der Waals surface area contributed by atoms with E-state index in [4.69, 9.17) is 5.26 Å². The second-order valence-corrected chi connectivity index (χ2v) is 3.94. The molecule has 0 heterocycles. The zero-order chi connectivity index (χ0) is 13.2. The zero-order valence-corrected chi connectivity index (χ0v) is 10.3. The van der Waals surface area contributed by atoms with Gasteiger partial charge in [0, 0.05) is 5.56 Å². The molecule has 0 aliphatic carbocycles. The molecule has 0 N–H and O–H groups in total. The molecule has 0 radical (unpaired) electrons. The molecule has 0 spiro atoms. The van der Waals surface area contributed by atoms with E-state index in [0.29, 0.717) is 0 Å². The lowest BCUT2D eigenvalue weighted by Gasteiger charge is -2.13. The van der Waals surface area contributed by atoms with Crippen molar-refractivity contribution in [1.29, 1.82) is 5.26 Å². The fourth-order valence-electron chi connectivity index (χ4n) is 1.37. The highest BCUT2D eigenvalue weighted by Gasteiger charge is 2.35. The molecule has 0 aromatic heterocycles. The summed E-state index contributed by atoms with van der Waals surface area (Å²) < 4.78 is 38.1. The minimum atomic E-state index is -4.61. The van der Waals surface area contributed by atoms with E-state index in [-0.39, 0.29) is 16.5 Å². The normalized spacial score (nSPS) is 11.1. The molecule has 1 aromatic rings. The molecule has 0 aliphatic rings. The Morgan fingerprint density at radius 1 is 1.47 bits per heavy atom. The van der Waals surface area contributed by atoms with Crippen molar-refractivity contribution < 1.29 is 18.0 Å². The van der Waals surface area contributed by atoms with Gasteiger partial charge in [0.25, 0.3) is 0 Å². The van der Waals surface area contributed by atoms with E-state index in [1.165, 1.54) is 6.92 Å². The van der Waals surface area contributed by atoms with Gasteiger partial charge in [-0.3, -0.25) is 4.79 Å². The molecule has 0 saturated heterocycles. The maximum absolute atomic E-state index is 12.7. The van der Waals surface area contributed by atoms with Gasteiger partial charge >= 0.3 is 6.18 Å². The van der Waals surface area contributed by atoms with Crippen molar-refractivity contribution in [3.05, 3.63) is 34.4 Å². The highest BCUT2D eigenvalue weighted by Crippen LogP contribution is 2.34. The quantitative estimate of drug-likeness (QED) is 0.620. The van der Waals surface area contributed by atoms with Gasteiger partial charge in [-0.05, 0) is 24.6 Å². The highest BCUT2D eigenvalue weighted by atomic mass is 79.9. The van der Waals surface area contributed by atoms with E-state index < -0.39 is 23.1 Å². The second-order valence-electron chi connectivity index (χ2n) is 3.38. The highest BCUT2D eigenvalue weighted by molar-refractivity contribution is 9.09. The van der Waals surface area contributed by atoms with E-state index in [0.717, 1.165) is 12.1 Å². The number of hydrogen-bond donors (Lipinski definition) is 0. The minimum absolute atomic E-state index is 0.0716. The summed E-state index contributed by atoms with van der Waals surface area (Å²) in [7, 11) is 0. The van der Waals surface area contributed by atoms with E-state index in [1.54, 1.807) is 6.07 Å². The lowest BCUT2D eigenvalue weighted by molar-refractivity contribution is -0.137. The molecule has 2 nitrogen and oxygen atoms in total. The van der Waals surface area contributed by atoms with E-state index in [1.807, 2.05) is 0 Å². The molecule has 0 saturated carbocycles. The maximum atomic E-state index is 12.7. The molecule has 1 aromatic carbocycles. The Bertz CT molecular complexity index is 503. The van der Waals surface area contributed by atoms with E-state index in [9.17, 15) is 18.0 Å². The number of halogens is 4. The lowest BCUT2D eigenvalue weighted by atomic mass is 9.97. The number of hydrogen-bond acceptors (Lipinski definition) is 2. The average Bonchev–Trinajstić information content (AvgIpc) is 2.26. The third-order valence-corrected chi connectivity index (χ3v) is 2.72. The first kappa shape index (κ1) is 13.7. The third kappa shape index (κ3) is 2.86. The summed E-state index contributed by atoms with van der Waals surface area (Å²) in [5.74, 6) is -0.700. The van der Waals surface area contributed by atoms with Crippen LogP contribution in [0.15, 0.2) is 12.1 Å². The summed E-state index contributed by atoms with van der Waals surface area (Å²) in [6.07, 6.45) is -4.61. The number of nitriles is 1.